The van der Waals surface area contributed by atoms with Crippen LogP contribution in [0.15, 0.2) is 36.4 Å². The maximum absolute atomic E-state index is 5.72. The average Bonchev–Trinajstić information content (AvgIpc) is 2.28. The van der Waals surface area contributed by atoms with Crippen molar-refractivity contribution in [3.05, 3.63) is 42.0 Å². The maximum atomic E-state index is 5.72. The van der Waals surface area contributed by atoms with Crippen LogP contribution < -0.4 is 10.5 Å². The largest absolute Gasteiger partial charge is 0.490 e. The zero-order valence-electron chi connectivity index (χ0n) is 10.1. The van der Waals surface area contributed by atoms with Crippen LogP contribution in [0, 0.1) is 0 Å². The second kappa shape index (κ2) is 7.07. The van der Waals surface area contributed by atoms with Crippen LogP contribution in [0.4, 0.5) is 0 Å². The van der Waals surface area contributed by atoms with Crippen molar-refractivity contribution in [2.45, 2.75) is 32.7 Å². The molecule has 0 aliphatic rings. The minimum absolute atomic E-state index is 0.269. The van der Waals surface area contributed by atoms with Crippen LogP contribution in [0.25, 0.3) is 0 Å². The van der Waals surface area contributed by atoms with Gasteiger partial charge in [0.2, 0.25) is 0 Å². The molecule has 0 spiro atoms. The highest BCUT2D eigenvalue weighted by Crippen LogP contribution is 2.13. The summed E-state index contributed by atoms with van der Waals surface area (Å²) < 4.78 is 5.52. The first-order valence-corrected chi connectivity index (χ1v) is 5.81. The zero-order valence-corrected chi connectivity index (χ0v) is 10.1. The molecule has 1 unspecified atom stereocenters. The minimum atomic E-state index is 0.269. The molecule has 16 heavy (non-hydrogen) atoms. The molecule has 0 amide bonds. The van der Waals surface area contributed by atoms with Gasteiger partial charge in [-0.15, -0.1) is 0 Å². The third-order valence-electron chi connectivity index (χ3n) is 2.39. The molecule has 1 atom stereocenters. The lowest BCUT2D eigenvalue weighted by molar-refractivity contribution is 0.362. The molecule has 0 fully saturated rings. The molecule has 0 bridgehead atoms. The van der Waals surface area contributed by atoms with E-state index < -0.39 is 0 Å². The molecule has 0 radical (unpaired) electrons. The number of ether oxygens (including phenoxy) is 1. The number of benzene rings is 1. The maximum Gasteiger partial charge on any atom is 0.119 e. The second-order valence-corrected chi connectivity index (χ2v) is 4.04. The van der Waals surface area contributed by atoms with Crippen molar-refractivity contribution in [2.24, 2.45) is 5.73 Å². The lowest BCUT2D eigenvalue weighted by Crippen LogP contribution is -2.15. The molecule has 2 nitrogen and oxygen atoms in total. The molecule has 1 aromatic carbocycles. The van der Waals surface area contributed by atoms with E-state index in [1.54, 1.807) is 0 Å². The predicted molar refractivity (Wildman–Crippen MR) is 68.7 cm³/mol. The summed E-state index contributed by atoms with van der Waals surface area (Å²) in [6.45, 7) is 4.66. The molecular formula is C14H21NO. The molecule has 88 valence electrons. The number of hydrogen-bond acceptors (Lipinski definition) is 2. The van der Waals surface area contributed by atoms with Crippen LogP contribution in [0.2, 0.25) is 0 Å². The monoisotopic (exact) mass is 219 g/mol. The van der Waals surface area contributed by atoms with Gasteiger partial charge in [-0.3, -0.25) is 0 Å². The van der Waals surface area contributed by atoms with Crippen molar-refractivity contribution < 1.29 is 4.74 Å². The van der Waals surface area contributed by atoms with E-state index in [-0.39, 0.29) is 6.04 Å². The van der Waals surface area contributed by atoms with Crippen LogP contribution in [0.1, 0.15) is 25.8 Å². The molecule has 2 heteroatoms. The Labute approximate surface area is 98.1 Å². The molecule has 0 saturated heterocycles. The highest BCUT2D eigenvalue weighted by atomic mass is 16.5. The Balaban J connectivity index is 2.41. The molecule has 2 N–H and O–H groups in total. The van der Waals surface area contributed by atoms with Crippen molar-refractivity contribution >= 4 is 0 Å². The van der Waals surface area contributed by atoms with Crippen LogP contribution in [-0.4, -0.2) is 12.6 Å². The van der Waals surface area contributed by atoms with Gasteiger partial charge >= 0.3 is 0 Å². The SMILES string of the molecule is C/C=C/COc1ccc(CCC(C)N)cc1. The fourth-order valence-corrected chi connectivity index (χ4v) is 1.39. The highest BCUT2D eigenvalue weighted by Gasteiger charge is 1.97. The first-order valence-electron chi connectivity index (χ1n) is 5.81. The van der Waals surface area contributed by atoms with E-state index in [4.69, 9.17) is 10.5 Å². The fraction of sp³-hybridized carbons (Fsp3) is 0.429. The first kappa shape index (κ1) is 12.8. The number of nitrogens with two attached hydrogens (primary N) is 1. The summed E-state index contributed by atoms with van der Waals surface area (Å²) in [5.41, 5.74) is 7.03. The van der Waals surface area contributed by atoms with Crippen molar-refractivity contribution in [1.82, 2.24) is 0 Å². The summed E-state index contributed by atoms with van der Waals surface area (Å²) in [6, 6.07) is 8.51. The van der Waals surface area contributed by atoms with Crippen LogP contribution >= 0.6 is 0 Å². The van der Waals surface area contributed by atoms with Gasteiger partial charge < -0.3 is 10.5 Å². The van der Waals surface area contributed by atoms with Crippen LogP contribution in [0.3, 0.4) is 0 Å². The first-order chi connectivity index (χ1) is 7.72. The van der Waals surface area contributed by atoms with Gasteiger partial charge in [0.05, 0.1) is 0 Å². The molecule has 0 aromatic heterocycles. The van der Waals surface area contributed by atoms with Crippen LogP contribution in [-0.2, 0) is 6.42 Å². The summed E-state index contributed by atoms with van der Waals surface area (Å²) in [5, 5.41) is 0. The topological polar surface area (TPSA) is 35.2 Å². The summed E-state index contributed by atoms with van der Waals surface area (Å²) in [6.07, 6.45) is 6.03. The third kappa shape index (κ3) is 4.99. The Morgan fingerprint density at radius 1 is 1.31 bits per heavy atom. The standard InChI is InChI=1S/C14H21NO/c1-3-4-11-16-14-9-7-13(8-10-14)6-5-12(2)15/h3-4,7-10,12H,5-6,11,15H2,1-2H3/b4-3+. The van der Waals surface area contributed by atoms with Crippen LogP contribution in [0.5, 0.6) is 5.75 Å². The van der Waals surface area contributed by atoms with E-state index >= 15 is 0 Å². The quantitative estimate of drug-likeness (QED) is 0.747. The van der Waals surface area contributed by atoms with Gasteiger partial charge in [0.15, 0.2) is 0 Å². The summed E-state index contributed by atoms with van der Waals surface area (Å²) in [5.74, 6) is 0.919. The van der Waals surface area contributed by atoms with Gasteiger partial charge in [0.25, 0.3) is 0 Å². The Hall–Kier alpha value is -1.28. The van der Waals surface area contributed by atoms with E-state index in [1.165, 1.54) is 5.56 Å². The molecule has 1 aromatic rings. The van der Waals surface area contributed by atoms with Crippen molar-refractivity contribution in [3.8, 4) is 5.75 Å². The van der Waals surface area contributed by atoms with Gasteiger partial charge in [0, 0.05) is 6.04 Å². The molecular weight excluding hydrogens is 198 g/mol. The zero-order chi connectivity index (χ0) is 11.8. The van der Waals surface area contributed by atoms with Gasteiger partial charge in [-0.05, 0) is 44.4 Å². The van der Waals surface area contributed by atoms with E-state index in [9.17, 15) is 0 Å². The van der Waals surface area contributed by atoms with E-state index in [2.05, 4.69) is 12.1 Å². The number of aryl methyl sites for hydroxylation is 1. The molecule has 1 rings (SSSR count). The Kier molecular flexibility index (Phi) is 5.65. The van der Waals surface area contributed by atoms with E-state index in [0.717, 1.165) is 18.6 Å². The van der Waals surface area contributed by atoms with Crippen molar-refractivity contribution in [2.75, 3.05) is 6.61 Å². The predicted octanol–water partition coefficient (Wildman–Crippen LogP) is 2.92. The number of allylic oxidation sites excluding steroid dienone is 1. The molecule has 0 heterocycles. The molecule has 0 saturated carbocycles. The third-order valence-corrected chi connectivity index (χ3v) is 2.39. The Morgan fingerprint density at radius 2 is 2.00 bits per heavy atom. The fourth-order valence-electron chi connectivity index (χ4n) is 1.39. The average molecular weight is 219 g/mol. The summed E-state index contributed by atoms with van der Waals surface area (Å²) >= 11 is 0. The Morgan fingerprint density at radius 3 is 2.56 bits per heavy atom. The van der Waals surface area contributed by atoms with E-state index in [1.807, 2.05) is 38.1 Å². The lowest BCUT2D eigenvalue weighted by Gasteiger charge is -2.06. The summed E-state index contributed by atoms with van der Waals surface area (Å²) in [4.78, 5) is 0. The highest BCUT2D eigenvalue weighted by molar-refractivity contribution is 5.27. The smallest absolute Gasteiger partial charge is 0.119 e. The number of rotatable bonds is 6. The van der Waals surface area contributed by atoms with Gasteiger partial charge in [-0.25, -0.2) is 0 Å². The second-order valence-electron chi connectivity index (χ2n) is 4.04. The Bertz CT molecular complexity index is 314. The van der Waals surface area contributed by atoms with Crippen molar-refractivity contribution in [1.29, 1.82) is 0 Å². The molecule has 0 aliphatic heterocycles. The van der Waals surface area contributed by atoms with Gasteiger partial charge in [-0.1, -0.05) is 24.3 Å². The van der Waals surface area contributed by atoms with E-state index in [0.29, 0.717) is 6.61 Å². The minimum Gasteiger partial charge on any atom is -0.490 e. The van der Waals surface area contributed by atoms with Gasteiger partial charge in [0.1, 0.15) is 12.4 Å². The number of hydrogen-bond donors (Lipinski definition) is 1. The van der Waals surface area contributed by atoms with Crippen molar-refractivity contribution in [3.63, 3.8) is 0 Å². The normalized spacial score (nSPS) is 12.9. The lowest BCUT2D eigenvalue weighted by atomic mass is 10.1. The summed E-state index contributed by atoms with van der Waals surface area (Å²) in [7, 11) is 0. The molecule has 0 aliphatic carbocycles. The van der Waals surface area contributed by atoms with Gasteiger partial charge in [-0.2, -0.15) is 0 Å².